The second kappa shape index (κ2) is 6.30. The van der Waals surface area contributed by atoms with Crippen LogP contribution in [0.15, 0.2) is 42.5 Å². The number of nitrogen functional groups attached to an aromatic ring is 2. The van der Waals surface area contributed by atoms with Crippen LogP contribution in [-0.4, -0.2) is 15.7 Å². The minimum absolute atomic E-state index is 0.193. The van der Waals surface area contributed by atoms with Gasteiger partial charge in [-0.1, -0.05) is 42.0 Å². The lowest BCUT2D eigenvalue weighted by Gasteiger charge is -2.08. The summed E-state index contributed by atoms with van der Waals surface area (Å²) < 4.78 is 1.28. The molecule has 5 N–H and O–H groups in total. The number of anilines is 1. The Morgan fingerprint density at radius 2 is 2.17 bits per heavy atom. The predicted octanol–water partition coefficient (Wildman–Crippen LogP) is 3.18. The van der Waals surface area contributed by atoms with E-state index < -0.39 is 0 Å². The summed E-state index contributed by atoms with van der Waals surface area (Å²) in [4.78, 5) is 0. The lowest BCUT2D eigenvalue weighted by atomic mass is 9.97. The molecule has 6 heteroatoms. The first-order chi connectivity index (χ1) is 11.1. The van der Waals surface area contributed by atoms with Crippen LogP contribution in [0.25, 0.3) is 5.57 Å². The Balaban J connectivity index is 2.08. The second-order valence-electron chi connectivity index (χ2n) is 5.46. The van der Waals surface area contributed by atoms with Gasteiger partial charge in [0.05, 0.1) is 5.69 Å². The molecule has 3 rings (SSSR count). The molecule has 5 nitrogen and oxygen atoms in total. The summed E-state index contributed by atoms with van der Waals surface area (Å²) in [6.45, 7) is 0. The normalized spacial score (nSPS) is 13.9. The van der Waals surface area contributed by atoms with Crippen LogP contribution < -0.4 is 11.5 Å². The zero-order chi connectivity index (χ0) is 16.4. The first-order valence-corrected chi connectivity index (χ1v) is 7.77. The maximum atomic E-state index is 7.65. The van der Waals surface area contributed by atoms with Crippen molar-refractivity contribution >= 4 is 29.0 Å². The van der Waals surface area contributed by atoms with Crippen LogP contribution in [0.2, 0.25) is 5.02 Å². The molecule has 0 bridgehead atoms. The first-order valence-electron chi connectivity index (χ1n) is 7.39. The van der Waals surface area contributed by atoms with Crippen LogP contribution >= 0.6 is 11.6 Å². The maximum Gasteiger partial charge on any atom is 0.215 e. The predicted molar refractivity (Wildman–Crippen MR) is 94.6 cm³/mol. The quantitative estimate of drug-likeness (QED) is 0.597. The van der Waals surface area contributed by atoms with Gasteiger partial charge in [-0.15, -0.1) is 0 Å². The number of nitrogens with two attached hydrogens (primary N) is 2. The molecule has 0 atom stereocenters. The van der Waals surface area contributed by atoms with Crippen molar-refractivity contribution in [1.82, 2.24) is 9.78 Å². The minimum Gasteiger partial charge on any atom is -0.383 e. The minimum atomic E-state index is -0.193. The molecule has 23 heavy (non-hydrogen) atoms. The Morgan fingerprint density at radius 1 is 1.35 bits per heavy atom. The van der Waals surface area contributed by atoms with Crippen molar-refractivity contribution in [3.63, 3.8) is 0 Å². The van der Waals surface area contributed by atoms with Gasteiger partial charge in [-0.3, -0.25) is 5.41 Å². The van der Waals surface area contributed by atoms with Crippen LogP contribution in [-0.2, 0) is 6.42 Å². The Labute approximate surface area is 139 Å². The van der Waals surface area contributed by atoms with Crippen molar-refractivity contribution in [2.45, 2.75) is 19.3 Å². The van der Waals surface area contributed by atoms with E-state index in [2.05, 4.69) is 17.3 Å². The van der Waals surface area contributed by atoms with Gasteiger partial charge in [0, 0.05) is 17.0 Å². The fraction of sp³-hybridized carbons (Fsp3) is 0.176. The monoisotopic (exact) mass is 327 g/mol. The Morgan fingerprint density at radius 3 is 2.83 bits per heavy atom. The highest BCUT2D eigenvalue weighted by atomic mass is 35.5. The van der Waals surface area contributed by atoms with Gasteiger partial charge in [-0.05, 0) is 36.1 Å². The lowest BCUT2D eigenvalue weighted by molar-refractivity contribution is 0.912. The molecule has 1 aromatic carbocycles. The molecular formula is C17H18ClN5. The van der Waals surface area contributed by atoms with E-state index in [0.29, 0.717) is 17.3 Å². The van der Waals surface area contributed by atoms with Gasteiger partial charge in [-0.25, -0.2) is 0 Å². The first kappa shape index (κ1) is 15.4. The Hall–Kier alpha value is -2.53. The third-order valence-electron chi connectivity index (χ3n) is 3.79. The van der Waals surface area contributed by atoms with Gasteiger partial charge in [0.1, 0.15) is 5.82 Å². The summed E-state index contributed by atoms with van der Waals surface area (Å²) in [6.07, 6.45) is 8.86. The number of benzene rings is 1. The highest BCUT2D eigenvalue weighted by Crippen LogP contribution is 2.29. The van der Waals surface area contributed by atoms with E-state index >= 15 is 0 Å². The number of halogens is 1. The number of aromatic nitrogens is 2. The van der Waals surface area contributed by atoms with Crippen molar-refractivity contribution in [3.8, 4) is 0 Å². The van der Waals surface area contributed by atoms with Crippen LogP contribution in [0, 0.1) is 5.41 Å². The number of hydrogen-bond donors (Lipinski definition) is 3. The summed E-state index contributed by atoms with van der Waals surface area (Å²) >= 11 is 6.07. The summed E-state index contributed by atoms with van der Waals surface area (Å²) in [6, 6.07) is 7.63. The average molecular weight is 328 g/mol. The molecular weight excluding hydrogens is 310 g/mol. The molecule has 1 heterocycles. The van der Waals surface area contributed by atoms with E-state index in [4.69, 9.17) is 28.5 Å². The molecule has 0 radical (unpaired) electrons. The highest BCUT2D eigenvalue weighted by Gasteiger charge is 2.20. The molecule has 2 aromatic rings. The van der Waals surface area contributed by atoms with E-state index in [1.807, 2.05) is 30.3 Å². The fourth-order valence-electron chi connectivity index (χ4n) is 2.69. The van der Waals surface area contributed by atoms with Crippen LogP contribution in [0.4, 0.5) is 5.82 Å². The van der Waals surface area contributed by atoms with Gasteiger partial charge < -0.3 is 11.5 Å². The SMILES string of the molecule is N=C(N)n1nc(C2=CCCC=C2)c(Cc2cccc(Cl)c2)c1N. The topological polar surface area (TPSA) is 93.7 Å². The third kappa shape index (κ3) is 3.14. The Kier molecular flexibility index (Phi) is 4.21. The zero-order valence-corrected chi connectivity index (χ0v) is 13.3. The van der Waals surface area contributed by atoms with Crippen molar-refractivity contribution in [3.05, 3.63) is 64.3 Å². The molecule has 0 spiro atoms. The standard InChI is InChI=1S/C17H18ClN5/c18-13-8-4-5-11(9-13)10-14-15(12-6-2-1-3-7-12)22-23(16(14)19)17(20)21/h2,4-9H,1,3,10,19H2,(H3,20,21). The summed E-state index contributed by atoms with van der Waals surface area (Å²) in [5, 5.41) is 12.8. The van der Waals surface area contributed by atoms with Crippen molar-refractivity contribution in [2.24, 2.45) is 5.73 Å². The Bertz CT molecular complexity index is 816. The van der Waals surface area contributed by atoms with Crippen LogP contribution in [0.3, 0.4) is 0 Å². The van der Waals surface area contributed by atoms with Gasteiger partial charge in [0.25, 0.3) is 0 Å². The van der Waals surface area contributed by atoms with Crippen molar-refractivity contribution < 1.29 is 0 Å². The van der Waals surface area contributed by atoms with Gasteiger partial charge >= 0.3 is 0 Å². The van der Waals surface area contributed by atoms with E-state index in [0.717, 1.165) is 35.2 Å². The fourth-order valence-corrected chi connectivity index (χ4v) is 2.91. The van der Waals surface area contributed by atoms with E-state index in [-0.39, 0.29) is 5.96 Å². The number of rotatable bonds is 3. The van der Waals surface area contributed by atoms with Crippen LogP contribution in [0.1, 0.15) is 29.7 Å². The van der Waals surface area contributed by atoms with E-state index in [1.165, 1.54) is 4.68 Å². The molecule has 1 aromatic heterocycles. The van der Waals surface area contributed by atoms with Gasteiger partial charge in [0.2, 0.25) is 5.96 Å². The summed E-state index contributed by atoms with van der Waals surface area (Å²) in [7, 11) is 0. The zero-order valence-electron chi connectivity index (χ0n) is 12.6. The number of hydrogen-bond acceptors (Lipinski definition) is 3. The van der Waals surface area contributed by atoms with Gasteiger partial charge in [0.15, 0.2) is 0 Å². The number of nitrogens with one attached hydrogen (secondary N) is 1. The third-order valence-corrected chi connectivity index (χ3v) is 4.02. The van der Waals surface area contributed by atoms with Gasteiger partial charge in [-0.2, -0.15) is 9.78 Å². The summed E-state index contributed by atoms with van der Waals surface area (Å²) in [5.41, 5.74) is 15.5. The summed E-state index contributed by atoms with van der Waals surface area (Å²) in [5.74, 6) is 0.203. The lowest BCUT2D eigenvalue weighted by Crippen LogP contribution is -2.23. The number of allylic oxidation sites excluding steroid dienone is 4. The molecule has 118 valence electrons. The van der Waals surface area contributed by atoms with Crippen LogP contribution in [0.5, 0.6) is 0 Å². The smallest absolute Gasteiger partial charge is 0.215 e. The second-order valence-corrected chi connectivity index (χ2v) is 5.89. The number of nitrogens with zero attached hydrogens (tertiary/aromatic N) is 2. The molecule has 0 saturated carbocycles. The van der Waals surface area contributed by atoms with E-state index in [1.54, 1.807) is 0 Å². The molecule has 0 unspecified atom stereocenters. The largest absolute Gasteiger partial charge is 0.383 e. The van der Waals surface area contributed by atoms with Crippen molar-refractivity contribution in [1.29, 1.82) is 5.41 Å². The molecule has 1 aliphatic rings. The molecule has 0 saturated heterocycles. The molecule has 0 fully saturated rings. The molecule has 0 aliphatic heterocycles. The maximum absolute atomic E-state index is 7.65. The van der Waals surface area contributed by atoms with E-state index in [9.17, 15) is 0 Å². The highest BCUT2D eigenvalue weighted by molar-refractivity contribution is 6.30. The molecule has 1 aliphatic carbocycles. The van der Waals surface area contributed by atoms with Crippen molar-refractivity contribution in [2.75, 3.05) is 5.73 Å². The average Bonchev–Trinajstić information content (AvgIpc) is 2.86. The molecule has 0 amide bonds.